The second kappa shape index (κ2) is 7.22. The van der Waals surface area contributed by atoms with Crippen LogP contribution in [0, 0.1) is 5.92 Å². The van der Waals surface area contributed by atoms with E-state index in [1.165, 1.54) is 6.42 Å². The number of piperidine rings is 1. The van der Waals surface area contributed by atoms with Crippen molar-refractivity contribution in [1.82, 2.24) is 0 Å². The third-order valence-corrected chi connectivity index (χ3v) is 5.35. The lowest BCUT2D eigenvalue weighted by Gasteiger charge is -2.50. The number of carbonyl (C=O) groups excluding carboxylic acids is 2. The Kier molecular flexibility index (Phi) is 5.56. The Morgan fingerprint density at radius 3 is 2.41 bits per heavy atom. The summed E-state index contributed by atoms with van der Waals surface area (Å²) in [7, 11) is 0. The van der Waals surface area contributed by atoms with Crippen LogP contribution in [-0.2, 0) is 14.4 Å². The maximum atomic E-state index is 12.9. The van der Waals surface area contributed by atoms with Crippen molar-refractivity contribution in [1.29, 1.82) is 0 Å². The summed E-state index contributed by atoms with van der Waals surface area (Å²) >= 11 is 0. The van der Waals surface area contributed by atoms with Crippen LogP contribution < -0.4 is 5.73 Å². The molecule has 2 fully saturated rings. The minimum Gasteiger partial charge on any atom is -0.481 e. The highest BCUT2D eigenvalue weighted by Crippen LogP contribution is 2.40. The lowest BCUT2D eigenvalue weighted by atomic mass is 9.76. The normalized spacial score (nSPS) is 31.3. The van der Waals surface area contributed by atoms with Crippen LogP contribution in [0.3, 0.4) is 0 Å². The van der Waals surface area contributed by atoms with E-state index in [0.29, 0.717) is 18.9 Å². The number of amides is 2. The van der Waals surface area contributed by atoms with Crippen LogP contribution in [-0.4, -0.2) is 46.5 Å². The molecule has 124 valence electrons. The summed E-state index contributed by atoms with van der Waals surface area (Å²) in [6.07, 6.45) is 7.04. The van der Waals surface area contributed by atoms with Crippen LogP contribution in [0.1, 0.15) is 57.8 Å². The molecule has 0 spiro atoms. The number of primary amides is 1. The van der Waals surface area contributed by atoms with Crippen molar-refractivity contribution in [3.05, 3.63) is 0 Å². The second-order valence-electron chi connectivity index (χ2n) is 6.78. The van der Waals surface area contributed by atoms with E-state index in [4.69, 9.17) is 10.8 Å². The molecule has 0 bridgehead atoms. The molecule has 22 heavy (non-hydrogen) atoms. The van der Waals surface area contributed by atoms with E-state index in [-0.39, 0.29) is 35.8 Å². The van der Waals surface area contributed by atoms with Crippen LogP contribution in [0.15, 0.2) is 0 Å². The molecule has 0 aromatic rings. The minimum atomic E-state index is -0.886. The van der Waals surface area contributed by atoms with Gasteiger partial charge < -0.3 is 10.8 Å². The van der Waals surface area contributed by atoms with Crippen LogP contribution >= 0.6 is 0 Å². The zero-order chi connectivity index (χ0) is 16.2. The van der Waals surface area contributed by atoms with Gasteiger partial charge in [0.1, 0.15) is 0 Å². The lowest BCUT2D eigenvalue weighted by molar-refractivity contribution is -0.883. The number of fused-ring (bicyclic) bond motifs is 1. The van der Waals surface area contributed by atoms with E-state index in [9.17, 15) is 14.4 Å². The van der Waals surface area contributed by atoms with Gasteiger partial charge in [0.25, 0.3) is 5.91 Å². The summed E-state index contributed by atoms with van der Waals surface area (Å²) < 4.78 is 0.180. The molecule has 3 N–H and O–H groups in total. The van der Waals surface area contributed by atoms with Gasteiger partial charge in [-0.05, 0) is 32.1 Å². The van der Waals surface area contributed by atoms with E-state index in [0.717, 1.165) is 32.1 Å². The summed E-state index contributed by atoms with van der Waals surface area (Å²) in [5.41, 5.74) is 5.44. The number of nitrogens with two attached hydrogens (primary N) is 1. The molecule has 2 amide bonds. The Balaban J connectivity index is 2.16. The number of hydrogen-bond acceptors (Lipinski definition) is 3. The molecule has 6 heteroatoms. The average molecular weight is 311 g/mol. The zero-order valence-electron chi connectivity index (χ0n) is 13.1. The van der Waals surface area contributed by atoms with Gasteiger partial charge in [0.2, 0.25) is 0 Å². The van der Waals surface area contributed by atoms with Crippen LogP contribution in [0.25, 0.3) is 0 Å². The Morgan fingerprint density at radius 1 is 1.05 bits per heavy atom. The maximum absolute atomic E-state index is 12.9. The Bertz CT molecular complexity index is 449. The van der Waals surface area contributed by atoms with Gasteiger partial charge in [-0.2, -0.15) is 0 Å². The molecule has 6 nitrogen and oxygen atoms in total. The highest BCUT2D eigenvalue weighted by atomic mass is 16.4. The van der Waals surface area contributed by atoms with E-state index < -0.39 is 11.9 Å². The van der Waals surface area contributed by atoms with Crippen molar-refractivity contribution in [2.45, 2.75) is 63.8 Å². The quantitative estimate of drug-likeness (QED) is 0.725. The molecule has 1 aliphatic carbocycles. The van der Waals surface area contributed by atoms with Gasteiger partial charge in [-0.1, -0.05) is 6.42 Å². The first-order valence-electron chi connectivity index (χ1n) is 8.36. The number of carboxylic acid groups (broad SMARTS) is 1. The largest absolute Gasteiger partial charge is 0.481 e. The van der Waals surface area contributed by atoms with Crippen LogP contribution in [0.5, 0.6) is 0 Å². The molecule has 3 atom stereocenters. The van der Waals surface area contributed by atoms with Gasteiger partial charge in [-0.15, -0.1) is 0 Å². The molecule has 2 aliphatic rings. The summed E-state index contributed by atoms with van der Waals surface area (Å²) in [4.78, 5) is 35.1. The van der Waals surface area contributed by atoms with Gasteiger partial charge in [0.15, 0.2) is 6.54 Å². The smallest absolute Gasteiger partial charge is 0.314 e. The number of hydrogen-bond donors (Lipinski definition) is 2. The molecule has 0 aromatic heterocycles. The van der Waals surface area contributed by atoms with E-state index in [1.807, 2.05) is 0 Å². The molecule has 0 radical (unpaired) electrons. The van der Waals surface area contributed by atoms with Gasteiger partial charge in [-0.3, -0.25) is 14.1 Å². The number of quaternary nitrogens is 1. The third kappa shape index (κ3) is 3.66. The minimum absolute atomic E-state index is 0.00356. The molecule has 0 aromatic carbocycles. The van der Waals surface area contributed by atoms with Crippen molar-refractivity contribution in [2.24, 2.45) is 11.7 Å². The number of likely N-dealkylation sites (tertiary alicyclic amines) is 1. The molecule has 1 saturated carbocycles. The fourth-order valence-electron chi connectivity index (χ4n) is 4.46. The van der Waals surface area contributed by atoms with Crippen molar-refractivity contribution in [3.8, 4) is 0 Å². The number of aliphatic carboxylic acids is 1. The summed E-state index contributed by atoms with van der Waals surface area (Å²) in [6, 6.07) is 0.201. The molecular formula is C16H27N2O4+. The first kappa shape index (κ1) is 16.9. The van der Waals surface area contributed by atoms with E-state index >= 15 is 0 Å². The van der Waals surface area contributed by atoms with Gasteiger partial charge in [0.05, 0.1) is 19.0 Å². The first-order valence-corrected chi connectivity index (χ1v) is 8.36. The molecule has 1 heterocycles. The predicted octanol–water partition coefficient (Wildman–Crippen LogP) is 1.42. The number of carboxylic acids is 1. The second-order valence-corrected chi connectivity index (χ2v) is 6.78. The topological polar surface area (TPSA) is 97.5 Å². The van der Waals surface area contributed by atoms with E-state index in [1.54, 1.807) is 0 Å². The van der Waals surface area contributed by atoms with Gasteiger partial charge in [-0.25, -0.2) is 4.79 Å². The lowest BCUT2D eigenvalue weighted by Crippen LogP contribution is -2.67. The first-order chi connectivity index (χ1) is 10.5. The van der Waals surface area contributed by atoms with Gasteiger partial charge >= 0.3 is 11.9 Å². The molecule has 2 rings (SSSR count). The molecular weight excluding hydrogens is 284 g/mol. The van der Waals surface area contributed by atoms with E-state index in [2.05, 4.69) is 0 Å². The van der Waals surface area contributed by atoms with Crippen LogP contribution in [0.4, 0.5) is 0 Å². The highest BCUT2D eigenvalue weighted by Gasteiger charge is 2.50. The fourth-order valence-corrected chi connectivity index (χ4v) is 4.46. The molecule has 3 unspecified atom stereocenters. The predicted molar refractivity (Wildman–Crippen MR) is 80.7 cm³/mol. The maximum Gasteiger partial charge on any atom is 0.314 e. The Morgan fingerprint density at radius 2 is 1.73 bits per heavy atom. The molecule has 1 saturated heterocycles. The standard InChI is InChI=1S/C16H26N2O4/c17-14(19)11-18(15(20)8-3-9-16(21)22)10-4-6-12-5-1-2-7-13(12)18/h12-13H,1-11H2,(H2-,17,19,21,22)/p+1. The fraction of sp³-hybridized carbons (Fsp3) is 0.812. The number of rotatable bonds is 6. The van der Waals surface area contributed by atoms with Crippen molar-refractivity contribution >= 4 is 17.8 Å². The SMILES string of the molecule is NC(=O)C[N+]1(C(=O)CCCC(=O)O)CCCC2CCCCC21. The Hall–Kier alpha value is -1.43. The summed E-state index contributed by atoms with van der Waals surface area (Å²) in [5.74, 6) is -0.803. The highest BCUT2D eigenvalue weighted by molar-refractivity contribution is 5.79. The van der Waals surface area contributed by atoms with Gasteiger partial charge in [0, 0.05) is 18.8 Å². The number of carbonyl (C=O) groups is 3. The summed E-state index contributed by atoms with van der Waals surface area (Å²) in [6.45, 7) is 0.753. The van der Waals surface area contributed by atoms with Crippen molar-refractivity contribution < 1.29 is 24.0 Å². The van der Waals surface area contributed by atoms with Crippen LogP contribution in [0.2, 0.25) is 0 Å². The number of nitrogens with zero attached hydrogens (tertiary/aromatic N) is 1. The zero-order valence-corrected chi connectivity index (χ0v) is 13.1. The third-order valence-electron chi connectivity index (χ3n) is 5.35. The van der Waals surface area contributed by atoms with Crippen molar-refractivity contribution in [2.75, 3.05) is 13.1 Å². The molecule has 1 aliphatic heterocycles. The average Bonchev–Trinajstić information content (AvgIpc) is 2.46. The Labute approximate surface area is 131 Å². The van der Waals surface area contributed by atoms with Crippen molar-refractivity contribution in [3.63, 3.8) is 0 Å². The summed E-state index contributed by atoms with van der Waals surface area (Å²) in [5, 5.41) is 8.74. The monoisotopic (exact) mass is 311 g/mol.